The average molecular weight is 235 g/mol. The topological polar surface area (TPSA) is 41.3 Å². The number of nitrogens with zero attached hydrogens (tertiary/aromatic N) is 1. The minimum absolute atomic E-state index is 0.611. The molecule has 0 bridgehead atoms. The fourth-order valence-electron chi connectivity index (χ4n) is 1.65. The lowest BCUT2D eigenvalue weighted by atomic mass is 10.2. The number of benzene rings is 1. The van der Waals surface area contributed by atoms with Gasteiger partial charge in [0.25, 0.3) is 0 Å². The van der Waals surface area contributed by atoms with Crippen molar-refractivity contribution in [2.45, 2.75) is 33.2 Å². The van der Waals surface area contributed by atoms with Gasteiger partial charge >= 0.3 is 0 Å². The molecule has 0 spiro atoms. The van der Waals surface area contributed by atoms with Crippen molar-refractivity contribution in [2.24, 2.45) is 0 Å². The van der Waals surface area contributed by atoms with E-state index in [1.807, 2.05) is 6.07 Å². The Hall–Kier alpha value is -1.22. The number of aryl methyl sites for hydroxylation is 1. The van der Waals surface area contributed by atoms with Gasteiger partial charge in [-0.15, -0.1) is 0 Å². The summed E-state index contributed by atoms with van der Waals surface area (Å²) in [6, 6.07) is 6.75. The summed E-state index contributed by atoms with van der Waals surface area (Å²) in [5, 5.41) is 3.38. The van der Waals surface area contributed by atoms with E-state index >= 15 is 0 Å². The third kappa shape index (κ3) is 4.65. The van der Waals surface area contributed by atoms with Gasteiger partial charge in [-0.3, -0.25) is 0 Å². The number of nitrogen functional groups attached to an aromatic ring is 1. The maximum atomic E-state index is 5.94. The first kappa shape index (κ1) is 13.8. The van der Waals surface area contributed by atoms with Crippen LogP contribution in [0.4, 0.5) is 11.4 Å². The van der Waals surface area contributed by atoms with Crippen LogP contribution in [-0.4, -0.2) is 31.1 Å². The zero-order chi connectivity index (χ0) is 12.8. The van der Waals surface area contributed by atoms with Crippen molar-refractivity contribution in [3.8, 4) is 0 Å². The summed E-state index contributed by atoms with van der Waals surface area (Å²) >= 11 is 0. The first-order valence-electron chi connectivity index (χ1n) is 6.31. The molecule has 0 saturated heterocycles. The highest BCUT2D eigenvalue weighted by Crippen LogP contribution is 2.19. The zero-order valence-electron chi connectivity index (χ0n) is 11.5. The number of nitrogens with two attached hydrogens (primary N) is 1. The Labute approximate surface area is 105 Å². The summed E-state index contributed by atoms with van der Waals surface area (Å²) in [5.41, 5.74) is 9.02. The Kier molecular flexibility index (Phi) is 5.29. The summed E-state index contributed by atoms with van der Waals surface area (Å²) in [7, 11) is 2.16. The number of anilines is 2. The Balaban J connectivity index is 2.31. The predicted molar refractivity (Wildman–Crippen MR) is 76.5 cm³/mol. The highest BCUT2D eigenvalue weighted by atomic mass is 15.1. The van der Waals surface area contributed by atoms with Gasteiger partial charge in [-0.1, -0.05) is 6.07 Å². The maximum absolute atomic E-state index is 5.94. The molecule has 0 heterocycles. The Morgan fingerprint density at radius 1 is 1.35 bits per heavy atom. The van der Waals surface area contributed by atoms with Crippen molar-refractivity contribution in [1.82, 2.24) is 4.90 Å². The minimum atomic E-state index is 0.611. The molecule has 0 radical (unpaired) electrons. The molecule has 1 aromatic carbocycles. The number of nitrogens with one attached hydrogen (secondary N) is 1. The molecule has 3 heteroatoms. The maximum Gasteiger partial charge on any atom is 0.0574 e. The molecule has 17 heavy (non-hydrogen) atoms. The monoisotopic (exact) mass is 235 g/mol. The molecule has 1 rings (SSSR count). The Bertz CT molecular complexity index is 347. The van der Waals surface area contributed by atoms with Crippen LogP contribution in [0.1, 0.15) is 25.8 Å². The van der Waals surface area contributed by atoms with E-state index in [1.54, 1.807) is 0 Å². The normalized spacial score (nSPS) is 11.2. The van der Waals surface area contributed by atoms with Crippen LogP contribution in [0.3, 0.4) is 0 Å². The van der Waals surface area contributed by atoms with Crippen LogP contribution in [0, 0.1) is 6.92 Å². The standard InChI is InChI=1S/C14H25N3/c1-11(2)17(4)9-5-8-16-14-7-6-12(3)10-13(14)15/h6-7,10-11,16H,5,8-9,15H2,1-4H3. The first-order chi connectivity index (χ1) is 8.00. The van der Waals surface area contributed by atoms with Crippen molar-refractivity contribution in [3.05, 3.63) is 23.8 Å². The molecule has 0 aliphatic carbocycles. The van der Waals surface area contributed by atoms with Crippen LogP contribution in [0.15, 0.2) is 18.2 Å². The quantitative estimate of drug-likeness (QED) is 0.588. The van der Waals surface area contributed by atoms with Gasteiger partial charge in [-0.2, -0.15) is 0 Å². The van der Waals surface area contributed by atoms with Crippen LogP contribution in [0.5, 0.6) is 0 Å². The Morgan fingerprint density at radius 2 is 2.06 bits per heavy atom. The highest BCUT2D eigenvalue weighted by Gasteiger charge is 2.02. The van der Waals surface area contributed by atoms with E-state index in [-0.39, 0.29) is 0 Å². The number of rotatable bonds is 6. The number of hydrogen-bond acceptors (Lipinski definition) is 3. The molecule has 0 aliphatic rings. The molecule has 0 aromatic heterocycles. The summed E-state index contributed by atoms with van der Waals surface area (Å²) < 4.78 is 0. The van der Waals surface area contributed by atoms with E-state index in [1.165, 1.54) is 5.56 Å². The third-order valence-electron chi connectivity index (χ3n) is 3.09. The number of hydrogen-bond donors (Lipinski definition) is 2. The summed E-state index contributed by atoms with van der Waals surface area (Å²) in [6.45, 7) is 8.55. The van der Waals surface area contributed by atoms with Gasteiger partial charge in [0.05, 0.1) is 11.4 Å². The zero-order valence-corrected chi connectivity index (χ0v) is 11.5. The van der Waals surface area contributed by atoms with Gasteiger partial charge < -0.3 is 16.0 Å². The fraction of sp³-hybridized carbons (Fsp3) is 0.571. The van der Waals surface area contributed by atoms with Crippen molar-refractivity contribution < 1.29 is 0 Å². The summed E-state index contributed by atoms with van der Waals surface area (Å²) in [4.78, 5) is 2.35. The van der Waals surface area contributed by atoms with Crippen molar-refractivity contribution in [1.29, 1.82) is 0 Å². The van der Waals surface area contributed by atoms with E-state index in [0.717, 1.165) is 30.9 Å². The molecule has 96 valence electrons. The van der Waals surface area contributed by atoms with Gasteiger partial charge in [0.15, 0.2) is 0 Å². The Morgan fingerprint density at radius 3 is 2.65 bits per heavy atom. The molecule has 0 amide bonds. The lowest BCUT2D eigenvalue weighted by Crippen LogP contribution is -2.28. The van der Waals surface area contributed by atoms with Crippen LogP contribution in [0.2, 0.25) is 0 Å². The highest BCUT2D eigenvalue weighted by molar-refractivity contribution is 5.66. The van der Waals surface area contributed by atoms with E-state index in [4.69, 9.17) is 5.73 Å². The third-order valence-corrected chi connectivity index (χ3v) is 3.09. The molecule has 0 aliphatic heterocycles. The van der Waals surface area contributed by atoms with E-state index in [2.05, 4.69) is 50.2 Å². The SMILES string of the molecule is Cc1ccc(NCCCN(C)C(C)C)c(N)c1. The smallest absolute Gasteiger partial charge is 0.0574 e. The van der Waals surface area contributed by atoms with Crippen LogP contribution >= 0.6 is 0 Å². The van der Waals surface area contributed by atoms with E-state index in [0.29, 0.717) is 6.04 Å². The summed E-state index contributed by atoms with van der Waals surface area (Å²) in [5.74, 6) is 0. The largest absolute Gasteiger partial charge is 0.397 e. The van der Waals surface area contributed by atoms with Gasteiger partial charge in [0.1, 0.15) is 0 Å². The van der Waals surface area contributed by atoms with Crippen molar-refractivity contribution in [3.63, 3.8) is 0 Å². The minimum Gasteiger partial charge on any atom is -0.397 e. The first-order valence-corrected chi connectivity index (χ1v) is 6.31. The fourth-order valence-corrected chi connectivity index (χ4v) is 1.65. The van der Waals surface area contributed by atoms with Crippen LogP contribution < -0.4 is 11.1 Å². The van der Waals surface area contributed by atoms with Crippen molar-refractivity contribution >= 4 is 11.4 Å². The lowest BCUT2D eigenvalue weighted by Gasteiger charge is -2.21. The molecule has 0 unspecified atom stereocenters. The van der Waals surface area contributed by atoms with Crippen LogP contribution in [0.25, 0.3) is 0 Å². The van der Waals surface area contributed by atoms with Crippen LogP contribution in [-0.2, 0) is 0 Å². The average Bonchev–Trinajstić information content (AvgIpc) is 2.26. The predicted octanol–water partition coefficient (Wildman–Crippen LogP) is 2.72. The second-order valence-corrected chi connectivity index (χ2v) is 4.95. The molecular formula is C14H25N3. The molecule has 0 fully saturated rings. The molecule has 0 atom stereocenters. The lowest BCUT2D eigenvalue weighted by molar-refractivity contribution is 0.273. The van der Waals surface area contributed by atoms with E-state index in [9.17, 15) is 0 Å². The molecule has 3 nitrogen and oxygen atoms in total. The molecule has 0 saturated carbocycles. The second kappa shape index (κ2) is 6.50. The van der Waals surface area contributed by atoms with Gasteiger partial charge in [0, 0.05) is 12.6 Å². The second-order valence-electron chi connectivity index (χ2n) is 4.95. The van der Waals surface area contributed by atoms with Gasteiger partial charge in [-0.05, 0) is 58.5 Å². The van der Waals surface area contributed by atoms with E-state index < -0.39 is 0 Å². The molecular weight excluding hydrogens is 210 g/mol. The van der Waals surface area contributed by atoms with Gasteiger partial charge in [0.2, 0.25) is 0 Å². The van der Waals surface area contributed by atoms with Crippen molar-refractivity contribution in [2.75, 3.05) is 31.2 Å². The summed E-state index contributed by atoms with van der Waals surface area (Å²) in [6.07, 6.45) is 1.13. The van der Waals surface area contributed by atoms with Gasteiger partial charge in [-0.25, -0.2) is 0 Å². The molecule has 1 aromatic rings. The molecule has 3 N–H and O–H groups in total.